The maximum Gasteiger partial charge on any atom is 0.253 e. The second-order valence-electron chi connectivity index (χ2n) is 7.32. The third-order valence-corrected chi connectivity index (χ3v) is 6.12. The first-order chi connectivity index (χ1) is 13.6. The molecular formula is C21H17ClN4O2. The van der Waals surface area contributed by atoms with E-state index in [9.17, 15) is 9.59 Å². The summed E-state index contributed by atoms with van der Waals surface area (Å²) in [5.74, 6) is -0.832. The van der Waals surface area contributed by atoms with E-state index < -0.39 is 12.0 Å². The van der Waals surface area contributed by atoms with Gasteiger partial charge in [0.1, 0.15) is 6.04 Å². The first-order valence-electron chi connectivity index (χ1n) is 9.27. The number of nitrogens with zero attached hydrogens (tertiary/aromatic N) is 4. The predicted octanol–water partition coefficient (Wildman–Crippen LogP) is 2.75. The van der Waals surface area contributed by atoms with E-state index in [1.807, 2.05) is 24.3 Å². The largest absolute Gasteiger partial charge is 0.274 e. The maximum atomic E-state index is 13.4. The number of amides is 2. The molecule has 0 bridgehead atoms. The summed E-state index contributed by atoms with van der Waals surface area (Å²) in [6, 6.07) is 15.5. The molecule has 6 nitrogen and oxygen atoms in total. The van der Waals surface area contributed by atoms with Crippen molar-refractivity contribution in [2.45, 2.75) is 18.5 Å². The zero-order chi connectivity index (χ0) is 19.4. The van der Waals surface area contributed by atoms with E-state index in [-0.39, 0.29) is 17.9 Å². The van der Waals surface area contributed by atoms with Crippen LogP contribution in [-0.2, 0) is 9.59 Å². The minimum Gasteiger partial charge on any atom is -0.274 e. The van der Waals surface area contributed by atoms with Crippen molar-refractivity contribution in [3.8, 4) is 6.07 Å². The summed E-state index contributed by atoms with van der Waals surface area (Å²) in [4.78, 5) is 28.0. The Hall–Kier alpha value is -2.72. The zero-order valence-corrected chi connectivity index (χ0v) is 15.7. The molecule has 3 atom stereocenters. The van der Waals surface area contributed by atoms with E-state index in [0.29, 0.717) is 16.3 Å². The van der Waals surface area contributed by atoms with Gasteiger partial charge in [-0.2, -0.15) is 5.26 Å². The van der Waals surface area contributed by atoms with Gasteiger partial charge in [-0.1, -0.05) is 23.7 Å². The van der Waals surface area contributed by atoms with E-state index >= 15 is 0 Å². The highest BCUT2D eigenvalue weighted by atomic mass is 35.5. The van der Waals surface area contributed by atoms with Gasteiger partial charge in [0.15, 0.2) is 0 Å². The molecule has 2 aromatic carbocycles. The molecule has 2 amide bonds. The molecule has 140 valence electrons. The second-order valence-corrected chi connectivity index (χ2v) is 7.75. The third kappa shape index (κ3) is 2.41. The summed E-state index contributed by atoms with van der Waals surface area (Å²) in [6.07, 6.45) is 0.964. The Morgan fingerprint density at radius 2 is 1.54 bits per heavy atom. The lowest BCUT2D eigenvalue weighted by Gasteiger charge is -2.29. The lowest BCUT2D eigenvalue weighted by molar-refractivity contribution is -0.126. The van der Waals surface area contributed by atoms with Gasteiger partial charge in [0.05, 0.1) is 29.3 Å². The normalized spacial score (nSPS) is 27.1. The van der Waals surface area contributed by atoms with E-state index in [1.165, 1.54) is 4.90 Å². The van der Waals surface area contributed by atoms with Crippen LogP contribution in [0.1, 0.15) is 23.6 Å². The number of hydrogen-bond acceptors (Lipinski definition) is 5. The van der Waals surface area contributed by atoms with Crippen molar-refractivity contribution in [1.29, 1.82) is 5.26 Å². The number of rotatable bonds is 2. The van der Waals surface area contributed by atoms with Gasteiger partial charge in [-0.3, -0.25) is 9.59 Å². The van der Waals surface area contributed by atoms with Crippen LogP contribution in [0.25, 0.3) is 0 Å². The van der Waals surface area contributed by atoms with Crippen molar-refractivity contribution in [1.82, 2.24) is 10.0 Å². The number of hydrogen-bond donors (Lipinski definition) is 0. The van der Waals surface area contributed by atoms with Crippen LogP contribution in [0, 0.1) is 17.2 Å². The van der Waals surface area contributed by atoms with Crippen molar-refractivity contribution in [3.63, 3.8) is 0 Å². The number of benzene rings is 2. The first-order valence-corrected chi connectivity index (χ1v) is 9.64. The average molecular weight is 393 g/mol. The third-order valence-electron chi connectivity index (χ3n) is 5.87. The molecule has 3 heterocycles. The molecule has 0 saturated carbocycles. The number of carbonyl (C=O) groups excluding carboxylic acids is 2. The maximum absolute atomic E-state index is 13.4. The fourth-order valence-corrected chi connectivity index (χ4v) is 4.84. The number of carbonyl (C=O) groups is 2. The minimum absolute atomic E-state index is 0.176. The SMILES string of the molecule is N#Cc1ccc(N2C(=O)[C@@H]3[C@@H](C2=O)N2CCCN2[C@@H]3c2ccc(Cl)cc2)cc1. The molecule has 0 radical (unpaired) electrons. The van der Waals surface area contributed by atoms with Crippen LogP contribution in [0.2, 0.25) is 5.02 Å². The van der Waals surface area contributed by atoms with Gasteiger partial charge in [0.25, 0.3) is 5.91 Å². The topological polar surface area (TPSA) is 67.6 Å². The molecule has 28 heavy (non-hydrogen) atoms. The summed E-state index contributed by atoms with van der Waals surface area (Å²) in [5, 5.41) is 13.9. The van der Waals surface area contributed by atoms with Gasteiger partial charge >= 0.3 is 0 Å². The van der Waals surface area contributed by atoms with Gasteiger partial charge in [0.2, 0.25) is 5.91 Å². The molecule has 3 fully saturated rings. The molecule has 0 aromatic heterocycles. The summed E-state index contributed by atoms with van der Waals surface area (Å²) >= 11 is 6.04. The molecule has 0 aliphatic carbocycles. The smallest absolute Gasteiger partial charge is 0.253 e. The van der Waals surface area contributed by atoms with Crippen LogP contribution in [0.4, 0.5) is 5.69 Å². The van der Waals surface area contributed by atoms with Crippen molar-refractivity contribution in [2.75, 3.05) is 18.0 Å². The Morgan fingerprint density at radius 1 is 0.893 bits per heavy atom. The van der Waals surface area contributed by atoms with Crippen LogP contribution in [-0.4, -0.2) is 41.0 Å². The van der Waals surface area contributed by atoms with Gasteiger partial charge < -0.3 is 0 Å². The van der Waals surface area contributed by atoms with Crippen molar-refractivity contribution in [2.24, 2.45) is 5.92 Å². The summed E-state index contributed by atoms with van der Waals surface area (Å²) in [6.45, 7) is 1.60. The Kier molecular flexibility index (Phi) is 3.98. The summed E-state index contributed by atoms with van der Waals surface area (Å²) in [7, 11) is 0. The monoisotopic (exact) mass is 392 g/mol. The predicted molar refractivity (Wildman–Crippen MR) is 103 cm³/mol. The first kappa shape index (κ1) is 17.4. The van der Waals surface area contributed by atoms with Gasteiger partial charge in [-0.05, 0) is 48.4 Å². The highest BCUT2D eigenvalue weighted by molar-refractivity contribution is 6.30. The highest BCUT2D eigenvalue weighted by Gasteiger charge is 2.62. The van der Waals surface area contributed by atoms with Crippen molar-refractivity contribution < 1.29 is 9.59 Å². The molecule has 0 N–H and O–H groups in total. The van der Waals surface area contributed by atoms with E-state index in [4.69, 9.17) is 16.9 Å². The molecule has 3 aliphatic rings. The minimum atomic E-state index is -0.480. The average Bonchev–Trinajstić information content (AvgIpc) is 3.35. The zero-order valence-electron chi connectivity index (χ0n) is 15.0. The fourth-order valence-electron chi connectivity index (χ4n) is 4.71. The lowest BCUT2D eigenvalue weighted by Crippen LogP contribution is -2.44. The van der Waals surface area contributed by atoms with Gasteiger partial charge in [-0.25, -0.2) is 14.9 Å². The number of halogens is 1. The standard InChI is InChI=1S/C21H17ClN4O2/c22-15-6-4-14(5-7-15)18-17-19(25-11-1-10-24(18)25)21(28)26(20(17)27)16-8-2-13(12-23)3-9-16/h2-9,17-19H,1,10-11H2/t17-,18+,19-/m0/s1. The van der Waals surface area contributed by atoms with Crippen LogP contribution < -0.4 is 4.90 Å². The number of nitriles is 1. The Bertz CT molecular complexity index is 999. The molecule has 5 rings (SSSR count). The molecule has 0 unspecified atom stereocenters. The van der Waals surface area contributed by atoms with Gasteiger partial charge in [0, 0.05) is 18.1 Å². The molecule has 3 aliphatic heterocycles. The molecular weight excluding hydrogens is 376 g/mol. The van der Waals surface area contributed by atoms with Crippen LogP contribution >= 0.6 is 11.6 Å². The van der Waals surface area contributed by atoms with Crippen LogP contribution in [0.15, 0.2) is 48.5 Å². The number of hydrazine groups is 1. The molecule has 3 saturated heterocycles. The Balaban J connectivity index is 1.56. The molecule has 2 aromatic rings. The highest BCUT2D eigenvalue weighted by Crippen LogP contribution is 2.48. The van der Waals surface area contributed by atoms with E-state index in [1.54, 1.807) is 24.3 Å². The number of imide groups is 1. The quantitative estimate of drug-likeness (QED) is 0.735. The van der Waals surface area contributed by atoms with Crippen molar-refractivity contribution >= 4 is 29.1 Å². The van der Waals surface area contributed by atoms with E-state index in [2.05, 4.69) is 16.1 Å². The van der Waals surface area contributed by atoms with Crippen molar-refractivity contribution in [3.05, 3.63) is 64.7 Å². The second kappa shape index (κ2) is 6.42. The Morgan fingerprint density at radius 3 is 2.18 bits per heavy atom. The van der Waals surface area contributed by atoms with Gasteiger partial charge in [-0.15, -0.1) is 0 Å². The molecule has 0 spiro atoms. The number of anilines is 1. The van der Waals surface area contributed by atoms with E-state index in [0.717, 1.165) is 25.1 Å². The van der Waals surface area contributed by atoms with Crippen LogP contribution in [0.5, 0.6) is 0 Å². The molecule has 7 heteroatoms. The fraction of sp³-hybridized carbons (Fsp3) is 0.286. The van der Waals surface area contributed by atoms with Crippen LogP contribution in [0.3, 0.4) is 0 Å². The lowest BCUT2D eigenvalue weighted by atomic mass is 9.90. The Labute approximate surface area is 167 Å². The number of fused-ring (bicyclic) bond motifs is 3. The summed E-state index contributed by atoms with van der Waals surface area (Å²) in [5.41, 5.74) is 2.00. The summed E-state index contributed by atoms with van der Waals surface area (Å²) < 4.78 is 0.